The van der Waals surface area contributed by atoms with E-state index < -0.39 is 0 Å². The standard InChI is InChI=1S/C20H27N3O4/c1-13(2)27-16-8-6-15(7-9-16)23-20(21)22-12-14-10-17(24-3)19(26-5)18(11-14)25-4/h6-11,13H,12H2,1-5H3,(H3,21,22,23). The highest BCUT2D eigenvalue weighted by Crippen LogP contribution is 2.38. The summed E-state index contributed by atoms with van der Waals surface area (Å²) < 4.78 is 21.6. The van der Waals surface area contributed by atoms with E-state index >= 15 is 0 Å². The van der Waals surface area contributed by atoms with Crippen molar-refractivity contribution in [1.82, 2.24) is 0 Å². The fourth-order valence-corrected chi connectivity index (χ4v) is 2.48. The van der Waals surface area contributed by atoms with Gasteiger partial charge in [0.05, 0.1) is 34.0 Å². The molecule has 0 bridgehead atoms. The molecule has 0 saturated carbocycles. The molecule has 0 aliphatic heterocycles. The molecule has 0 heterocycles. The minimum absolute atomic E-state index is 0.133. The second kappa shape index (κ2) is 9.56. The minimum atomic E-state index is 0.133. The fraction of sp³-hybridized carbons (Fsp3) is 0.350. The number of ether oxygens (including phenoxy) is 4. The summed E-state index contributed by atoms with van der Waals surface area (Å²) in [5.74, 6) is 2.82. The smallest absolute Gasteiger partial charge is 0.203 e. The average Bonchev–Trinajstić information content (AvgIpc) is 2.66. The van der Waals surface area contributed by atoms with Crippen LogP contribution in [0, 0.1) is 0 Å². The lowest BCUT2D eigenvalue weighted by Crippen LogP contribution is -2.22. The number of anilines is 1. The van der Waals surface area contributed by atoms with Crippen LogP contribution in [0.4, 0.5) is 5.69 Å². The number of aliphatic imine (C=N–C) groups is 1. The monoisotopic (exact) mass is 373 g/mol. The number of nitrogens with one attached hydrogen (secondary N) is 1. The first-order valence-corrected chi connectivity index (χ1v) is 8.59. The Morgan fingerprint density at radius 3 is 2.07 bits per heavy atom. The van der Waals surface area contributed by atoms with Crippen LogP contribution in [0.25, 0.3) is 0 Å². The Morgan fingerprint density at radius 1 is 1.00 bits per heavy atom. The van der Waals surface area contributed by atoms with Gasteiger partial charge in [0.15, 0.2) is 17.5 Å². The number of methoxy groups -OCH3 is 3. The quantitative estimate of drug-likeness (QED) is 0.544. The zero-order chi connectivity index (χ0) is 19.8. The van der Waals surface area contributed by atoms with Gasteiger partial charge in [0.25, 0.3) is 0 Å². The number of nitrogens with zero attached hydrogens (tertiary/aromatic N) is 1. The Hall–Kier alpha value is -3.09. The summed E-state index contributed by atoms with van der Waals surface area (Å²) in [4.78, 5) is 4.37. The first kappa shape index (κ1) is 20.2. The number of guanidine groups is 1. The molecule has 0 fully saturated rings. The molecular weight excluding hydrogens is 346 g/mol. The van der Waals surface area contributed by atoms with Crippen molar-refractivity contribution in [3.8, 4) is 23.0 Å². The lowest BCUT2D eigenvalue weighted by atomic mass is 10.2. The van der Waals surface area contributed by atoms with Gasteiger partial charge in [-0.15, -0.1) is 0 Å². The summed E-state index contributed by atoms with van der Waals surface area (Å²) in [5.41, 5.74) is 7.70. The Labute approximate surface area is 160 Å². The molecule has 3 N–H and O–H groups in total. The Morgan fingerprint density at radius 2 is 1.59 bits per heavy atom. The van der Waals surface area contributed by atoms with Gasteiger partial charge in [0.1, 0.15) is 5.75 Å². The van der Waals surface area contributed by atoms with Crippen molar-refractivity contribution in [1.29, 1.82) is 0 Å². The maximum Gasteiger partial charge on any atom is 0.203 e. The number of nitrogens with two attached hydrogens (primary N) is 1. The number of benzene rings is 2. The normalized spacial score (nSPS) is 11.3. The first-order chi connectivity index (χ1) is 13.0. The molecule has 27 heavy (non-hydrogen) atoms. The van der Waals surface area contributed by atoms with E-state index in [2.05, 4.69) is 10.3 Å². The zero-order valence-electron chi connectivity index (χ0n) is 16.4. The van der Waals surface area contributed by atoms with Gasteiger partial charge in [0, 0.05) is 5.69 Å². The van der Waals surface area contributed by atoms with E-state index in [1.54, 1.807) is 21.3 Å². The van der Waals surface area contributed by atoms with Crippen LogP contribution in [0.1, 0.15) is 19.4 Å². The summed E-state index contributed by atoms with van der Waals surface area (Å²) in [6.07, 6.45) is 0.133. The van der Waals surface area contributed by atoms with Gasteiger partial charge in [-0.25, -0.2) is 4.99 Å². The van der Waals surface area contributed by atoms with Crippen molar-refractivity contribution in [2.24, 2.45) is 10.7 Å². The molecule has 0 atom stereocenters. The van der Waals surface area contributed by atoms with Crippen LogP contribution >= 0.6 is 0 Å². The predicted molar refractivity (Wildman–Crippen MR) is 107 cm³/mol. The molecule has 0 aromatic heterocycles. The predicted octanol–water partition coefficient (Wildman–Crippen LogP) is 3.43. The summed E-state index contributed by atoms with van der Waals surface area (Å²) in [7, 11) is 4.72. The highest BCUT2D eigenvalue weighted by molar-refractivity contribution is 5.92. The van der Waals surface area contributed by atoms with Crippen LogP contribution in [0.3, 0.4) is 0 Å². The Kier molecular flexibility index (Phi) is 7.16. The Bertz CT molecular complexity index is 748. The van der Waals surface area contributed by atoms with Gasteiger partial charge in [-0.3, -0.25) is 0 Å². The third-order valence-corrected chi connectivity index (χ3v) is 3.65. The molecule has 0 saturated heterocycles. The highest BCUT2D eigenvalue weighted by atomic mass is 16.5. The fourth-order valence-electron chi connectivity index (χ4n) is 2.48. The van der Waals surface area contributed by atoms with Gasteiger partial charge in [0.2, 0.25) is 5.75 Å². The molecule has 2 aromatic rings. The Balaban J connectivity index is 2.06. The van der Waals surface area contributed by atoms with Crippen LogP contribution in [-0.2, 0) is 6.54 Å². The third kappa shape index (κ3) is 5.70. The number of hydrogen-bond donors (Lipinski definition) is 2. The molecule has 2 rings (SSSR count). The molecule has 146 valence electrons. The summed E-state index contributed by atoms with van der Waals surface area (Å²) in [5, 5.41) is 3.06. The molecule has 0 aliphatic rings. The van der Waals surface area contributed by atoms with E-state index in [0.717, 1.165) is 17.0 Å². The molecule has 0 aliphatic carbocycles. The van der Waals surface area contributed by atoms with E-state index in [-0.39, 0.29) is 6.10 Å². The van der Waals surface area contributed by atoms with E-state index in [4.69, 9.17) is 24.7 Å². The molecule has 7 heteroatoms. The molecular formula is C20H27N3O4. The van der Waals surface area contributed by atoms with Crippen LogP contribution in [0.2, 0.25) is 0 Å². The van der Waals surface area contributed by atoms with Gasteiger partial charge in [-0.1, -0.05) is 0 Å². The van der Waals surface area contributed by atoms with E-state index in [1.807, 2.05) is 50.2 Å². The van der Waals surface area contributed by atoms with Gasteiger partial charge >= 0.3 is 0 Å². The molecule has 0 spiro atoms. The van der Waals surface area contributed by atoms with E-state index in [0.29, 0.717) is 29.8 Å². The van der Waals surface area contributed by atoms with Crippen LogP contribution in [-0.4, -0.2) is 33.4 Å². The first-order valence-electron chi connectivity index (χ1n) is 8.59. The van der Waals surface area contributed by atoms with Crippen molar-refractivity contribution < 1.29 is 18.9 Å². The third-order valence-electron chi connectivity index (χ3n) is 3.65. The maximum atomic E-state index is 5.99. The number of rotatable bonds is 8. The second-order valence-corrected chi connectivity index (χ2v) is 6.05. The van der Waals surface area contributed by atoms with Crippen LogP contribution in [0.5, 0.6) is 23.0 Å². The van der Waals surface area contributed by atoms with Crippen molar-refractivity contribution in [3.63, 3.8) is 0 Å². The molecule has 0 unspecified atom stereocenters. The SMILES string of the molecule is COc1cc(CN=C(N)Nc2ccc(OC(C)C)cc2)cc(OC)c1OC. The zero-order valence-corrected chi connectivity index (χ0v) is 16.4. The molecule has 0 amide bonds. The number of hydrogen-bond acceptors (Lipinski definition) is 5. The summed E-state index contributed by atoms with van der Waals surface area (Å²) in [6.45, 7) is 4.34. The summed E-state index contributed by atoms with van der Waals surface area (Å²) >= 11 is 0. The van der Waals surface area contributed by atoms with Gasteiger partial charge in [-0.05, 0) is 55.8 Å². The molecule has 2 aromatic carbocycles. The van der Waals surface area contributed by atoms with Crippen molar-refractivity contribution >= 4 is 11.6 Å². The highest BCUT2D eigenvalue weighted by Gasteiger charge is 2.13. The van der Waals surface area contributed by atoms with Gasteiger partial charge < -0.3 is 30.0 Å². The maximum absolute atomic E-state index is 5.99. The van der Waals surface area contributed by atoms with Crippen molar-refractivity contribution in [3.05, 3.63) is 42.0 Å². The van der Waals surface area contributed by atoms with Crippen LogP contribution in [0.15, 0.2) is 41.4 Å². The summed E-state index contributed by atoms with van der Waals surface area (Å²) in [6, 6.07) is 11.2. The van der Waals surface area contributed by atoms with Crippen molar-refractivity contribution in [2.45, 2.75) is 26.5 Å². The topological polar surface area (TPSA) is 87.3 Å². The van der Waals surface area contributed by atoms with Crippen molar-refractivity contribution in [2.75, 3.05) is 26.6 Å². The second-order valence-electron chi connectivity index (χ2n) is 6.05. The lowest BCUT2D eigenvalue weighted by Gasteiger charge is -2.13. The van der Waals surface area contributed by atoms with E-state index in [1.165, 1.54) is 0 Å². The van der Waals surface area contributed by atoms with Crippen LogP contribution < -0.4 is 30.0 Å². The largest absolute Gasteiger partial charge is 0.493 e. The molecule has 7 nitrogen and oxygen atoms in total. The van der Waals surface area contributed by atoms with Gasteiger partial charge in [-0.2, -0.15) is 0 Å². The van der Waals surface area contributed by atoms with E-state index in [9.17, 15) is 0 Å². The minimum Gasteiger partial charge on any atom is -0.493 e. The lowest BCUT2D eigenvalue weighted by molar-refractivity contribution is 0.242. The average molecular weight is 373 g/mol. The molecule has 0 radical (unpaired) electrons.